The Hall–Kier alpha value is 0.576. The normalized spacial score (nSPS) is 11.6. The van der Waals surface area contributed by atoms with Crippen LogP contribution in [0.3, 0.4) is 0 Å². The molecule has 0 bridgehead atoms. The van der Waals surface area contributed by atoms with Gasteiger partial charge in [0, 0.05) is 13.5 Å². The number of carbonyl (C=O) groups is 2. The second-order valence-corrected chi connectivity index (χ2v) is 5.60. The quantitative estimate of drug-likeness (QED) is 0.443. The fourth-order valence-electron chi connectivity index (χ4n) is 2.14. The molecule has 0 aromatic rings. The third-order valence-corrected chi connectivity index (χ3v) is 3.83. The Labute approximate surface area is 172 Å². The first kappa shape index (κ1) is 23.8. The van der Waals surface area contributed by atoms with Crippen LogP contribution in [-0.4, -0.2) is 86.4 Å². The summed E-state index contributed by atoms with van der Waals surface area (Å²) >= 11 is 0. The van der Waals surface area contributed by atoms with Crippen molar-refractivity contribution in [3.05, 3.63) is 0 Å². The molecule has 0 aromatic heterocycles. The third-order valence-electron chi connectivity index (χ3n) is 3.83. The number of carboxylic acids is 1. The van der Waals surface area contributed by atoms with Gasteiger partial charge in [-0.25, -0.2) is 4.79 Å². The average Bonchev–Trinajstić information content (AvgIpc) is 2.43. The number of rotatable bonds is 12. The Balaban J connectivity index is 0. The van der Waals surface area contributed by atoms with Crippen LogP contribution in [-0.2, 0) is 9.59 Å². The fourth-order valence-corrected chi connectivity index (χ4v) is 2.14. The third kappa shape index (κ3) is 12.8. The minimum atomic E-state index is -0.951. The summed E-state index contributed by atoms with van der Waals surface area (Å²) in [6.07, 6.45) is 11.4. The maximum absolute atomic E-state index is 11.8. The van der Waals surface area contributed by atoms with Crippen LogP contribution >= 0.6 is 0 Å². The van der Waals surface area contributed by atoms with Crippen LogP contribution < -0.4 is 0 Å². The van der Waals surface area contributed by atoms with E-state index in [2.05, 4.69) is 6.92 Å². The molecular weight excluding hydrogens is 293 g/mol. The van der Waals surface area contributed by atoms with Crippen molar-refractivity contribution in [2.45, 2.75) is 84.1 Å². The van der Waals surface area contributed by atoms with Crippen LogP contribution in [0.2, 0.25) is 0 Å². The van der Waals surface area contributed by atoms with Gasteiger partial charge in [0.15, 0.2) is 0 Å². The van der Waals surface area contributed by atoms with Crippen molar-refractivity contribution >= 4 is 63.3 Å². The van der Waals surface area contributed by atoms with Gasteiger partial charge in [0.25, 0.3) is 0 Å². The van der Waals surface area contributed by atoms with Crippen molar-refractivity contribution in [1.29, 1.82) is 0 Å². The molecule has 1 unspecified atom stereocenters. The molecule has 0 spiro atoms. The number of carboxylic acid groups (broad SMARTS) is 1. The van der Waals surface area contributed by atoms with Crippen LogP contribution in [0, 0.1) is 0 Å². The van der Waals surface area contributed by atoms with Gasteiger partial charge in [-0.1, -0.05) is 58.3 Å². The minimum absolute atomic E-state index is 0. The van der Waals surface area contributed by atoms with E-state index in [0.29, 0.717) is 6.42 Å². The molecule has 0 aliphatic carbocycles. The van der Waals surface area contributed by atoms with Gasteiger partial charge < -0.3 is 10.0 Å². The monoisotopic (exact) mass is 325 g/mol. The standard InChI is InChI=1S/C16H31NO3.K.H/c1-4-5-6-7-8-9-10-11-12-13-15(18)17(3)14(2)16(19)20;;/h14H,4-13H2,1-3H3,(H,19,20);;. The zero-order chi connectivity index (χ0) is 15.4. The van der Waals surface area contributed by atoms with Crippen LogP contribution in [0.25, 0.3) is 0 Å². The number of aliphatic carboxylic acids is 1. The first-order chi connectivity index (χ1) is 9.50. The zero-order valence-electron chi connectivity index (χ0n) is 13.4. The molecule has 0 aromatic carbocycles. The topological polar surface area (TPSA) is 57.6 Å². The molecule has 1 N–H and O–H groups in total. The molecule has 4 nitrogen and oxygen atoms in total. The average molecular weight is 326 g/mol. The molecule has 0 fully saturated rings. The van der Waals surface area contributed by atoms with Crippen molar-refractivity contribution in [2.75, 3.05) is 7.05 Å². The van der Waals surface area contributed by atoms with Gasteiger partial charge in [-0.2, -0.15) is 0 Å². The number of unbranched alkanes of at least 4 members (excludes halogenated alkanes) is 8. The van der Waals surface area contributed by atoms with E-state index in [0.717, 1.165) is 12.8 Å². The van der Waals surface area contributed by atoms with Crippen LogP contribution in [0.15, 0.2) is 0 Å². The molecule has 0 aliphatic rings. The van der Waals surface area contributed by atoms with Gasteiger partial charge in [0.05, 0.1) is 0 Å². The van der Waals surface area contributed by atoms with Crippen LogP contribution in [0.5, 0.6) is 0 Å². The predicted octanol–water partition coefficient (Wildman–Crippen LogP) is 3.19. The Morgan fingerprint density at radius 1 is 0.952 bits per heavy atom. The molecular formula is C16H32KNO3. The Morgan fingerprint density at radius 3 is 1.81 bits per heavy atom. The van der Waals surface area contributed by atoms with Crippen molar-refractivity contribution in [3.63, 3.8) is 0 Å². The van der Waals surface area contributed by atoms with E-state index in [4.69, 9.17) is 5.11 Å². The summed E-state index contributed by atoms with van der Waals surface area (Å²) in [7, 11) is 1.56. The predicted molar refractivity (Wildman–Crippen MR) is 88.9 cm³/mol. The molecule has 0 radical (unpaired) electrons. The van der Waals surface area contributed by atoms with E-state index in [9.17, 15) is 9.59 Å². The molecule has 120 valence electrons. The molecule has 0 saturated heterocycles. The Bertz CT molecular complexity index is 285. The SMILES string of the molecule is CCCCCCCCCCCC(=O)N(C)C(C)C(=O)O.[KH]. The number of hydrogen-bond donors (Lipinski definition) is 1. The van der Waals surface area contributed by atoms with Crippen molar-refractivity contribution in [3.8, 4) is 0 Å². The molecule has 0 saturated carbocycles. The number of amides is 1. The summed E-state index contributed by atoms with van der Waals surface area (Å²) in [5.41, 5.74) is 0. The summed E-state index contributed by atoms with van der Waals surface area (Å²) in [5, 5.41) is 8.84. The Kier molecular flexibility index (Phi) is 17.6. The Morgan fingerprint density at radius 2 is 1.38 bits per heavy atom. The molecule has 5 heteroatoms. The van der Waals surface area contributed by atoms with Gasteiger partial charge in [0.1, 0.15) is 6.04 Å². The van der Waals surface area contributed by atoms with E-state index in [1.54, 1.807) is 7.05 Å². The summed E-state index contributed by atoms with van der Waals surface area (Å²) in [4.78, 5) is 23.9. The summed E-state index contributed by atoms with van der Waals surface area (Å²) in [6.45, 7) is 3.76. The summed E-state index contributed by atoms with van der Waals surface area (Å²) < 4.78 is 0. The van der Waals surface area contributed by atoms with Crippen molar-refractivity contribution in [1.82, 2.24) is 4.90 Å². The van der Waals surface area contributed by atoms with Gasteiger partial charge in [-0.05, 0) is 13.3 Å². The number of hydrogen-bond acceptors (Lipinski definition) is 2. The number of likely N-dealkylation sites (N-methyl/N-ethyl adjacent to an activating group) is 1. The summed E-state index contributed by atoms with van der Waals surface area (Å²) in [5.74, 6) is -1.02. The van der Waals surface area contributed by atoms with Crippen molar-refractivity contribution < 1.29 is 14.7 Å². The van der Waals surface area contributed by atoms with Crippen molar-refractivity contribution in [2.24, 2.45) is 0 Å². The molecule has 21 heavy (non-hydrogen) atoms. The molecule has 0 aliphatic heterocycles. The van der Waals surface area contributed by atoms with Crippen LogP contribution in [0.1, 0.15) is 78.1 Å². The van der Waals surface area contributed by atoms with Gasteiger partial charge in [-0.3, -0.25) is 4.79 Å². The molecule has 1 amide bonds. The summed E-state index contributed by atoms with van der Waals surface area (Å²) in [6, 6.07) is -0.735. The first-order valence-corrected chi connectivity index (χ1v) is 7.99. The van der Waals surface area contributed by atoms with Gasteiger partial charge in [0.2, 0.25) is 5.91 Å². The van der Waals surface area contributed by atoms with E-state index >= 15 is 0 Å². The number of carbonyl (C=O) groups excluding carboxylic acids is 1. The van der Waals surface area contributed by atoms with Crippen LogP contribution in [0.4, 0.5) is 0 Å². The first-order valence-electron chi connectivity index (χ1n) is 7.99. The second kappa shape index (κ2) is 15.5. The van der Waals surface area contributed by atoms with E-state index in [-0.39, 0.29) is 57.3 Å². The molecule has 0 rings (SSSR count). The van der Waals surface area contributed by atoms with E-state index in [1.165, 1.54) is 56.8 Å². The molecule has 0 heterocycles. The maximum atomic E-state index is 11.8. The fraction of sp³-hybridized carbons (Fsp3) is 0.875. The second-order valence-electron chi connectivity index (χ2n) is 5.60. The van der Waals surface area contributed by atoms with Gasteiger partial charge >= 0.3 is 57.4 Å². The number of nitrogens with zero attached hydrogens (tertiary/aromatic N) is 1. The van der Waals surface area contributed by atoms with Gasteiger partial charge in [-0.15, -0.1) is 0 Å². The van der Waals surface area contributed by atoms with E-state index < -0.39 is 12.0 Å². The van der Waals surface area contributed by atoms with E-state index in [1.807, 2.05) is 0 Å². The zero-order valence-corrected chi connectivity index (χ0v) is 13.4. The molecule has 1 atom stereocenters.